The minimum Gasteiger partial charge on any atom is -0.457 e. The van der Waals surface area contributed by atoms with Crippen molar-refractivity contribution < 1.29 is 42.5 Å². The van der Waals surface area contributed by atoms with E-state index < -0.39 is 41.4 Å². The molecule has 0 unspecified atom stereocenters. The fourth-order valence-electron chi connectivity index (χ4n) is 2.30. The molecule has 0 radical (unpaired) electrons. The molecule has 1 aliphatic rings. The average molecular weight is 344 g/mol. The molecule has 128 valence electrons. The molecule has 0 aromatic heterocycles. The number of alkyl halides is 2. The topological polar surface area (TPSA) is 91.3 Å². The van der Waals surface area contributed by atoms with Gasteiger partial charge >= 0.3 is 17.2 Å². The zero-order chi connectivity index (χ0) is 16.6. The predicted octanol–water partition coefficient (Wildman–Crippen LogP) is 2.85. The molecule has 1 N–H and O–H groups in total. The highest BCUT2D eigenvalue weighted by molar-refractivity contribution is 7.96. The SMILES string of the molecule is CCC1(OC(=O)COC(=O)C(F)(F)SOOO)CCCCC1. The van der Waals surface area contributed by atoms with E-state index in [2.05, 4.69) is 14.1 Å². The number of hydrogen-bond donors (Lipinski definition) is 1. The van der Waals surface area contributed by atoms with Crippen molar-refractivity contribution in [3.8, 4) is 0 Å². The first-order chi connectivity index (χ1) is 10.4. The summed E-state index contributed by atoms with van der Waals surface area (Å²) in [5.41, 5.74) is -0.604. The largest absolute Gasteiger partial charge is 0.457 e. The van der Waals surface area contributed by atoms with Gasteiger partial charge in [0.25, 0.3) is 0 Å². The summed E-state index contributed by atoms with van der Waals surface area (Å²) in [5.74, 6) is -2.88. The molecule has 0 saturated heterocycles. The minimum absolute atomic E-state index is 0.604. The molecular weight excluding hydrogens is 326 g/mol. The quantitative estimate of drug-likeness (QED) is 0.311. The van der Waals surface area contributed by atoms with Crippen LogP contribution < -0.4 is 0 Å². The summed E-state index contributed by atoms with van der Waals surface area (Å²) in [6.07, 6.45) is 4.93. The van der Waals surface area contributed by atoms with E-state index in [1.54, 1.807) is 0 Å². The maximum absolute atomic E-state index is 13.1. The van der Waals surface area contributed by atoms with Crippen molar-refractivity contribution in [1.29, 1.82) is 0 Å². The van der Waals surface area contributed by atoms with Gasteiger partial charge < -0.3 is 9.47 Å². The lowest BCUT2D eigenvalue weighted by Crippen LogP contribution is -2.38. The van der Waals surface area contributed by atoms with Crippen LogP contribution in [0.5, 0.6) is 0 Å². The van der Waals surface area contributed by atoms with Crippen LogP contribution in [0.3, 0.4) is 0 Å². The Labute approximate surface area is 130 Å². The van der Waals surface area contributed by atoms with Crippen molar-refractivity contribution in [2.45, 2.75) is 56.3 Å². The summed E-state index contributed by atoms with van der Waals surface area (Å²) in [6, 6.07) is 0. The number of esters is 2. The van der Waals surface area contributed by atoms with Gasteiger partial charge in [0.2, 0.25) is 0 Å². The van der Waals surface area contributed by atoms with Crippen molar-refractivity contribution in [1.82, 2.24) is 0 Å². The van der Waals surface area contributed by atoms with E-state index in [1.807, 2.05) is 6.92 Å². The number of ether oxygens (including phenoxy) is 2. The van der Waals surface area contributed by atoms with E-state index in [0.29, 0.717) is 19.3 Å². The third-order valence-corrected chi connectivity index (χ3v) is 3.97. The average Bonchev–Trinajstić information content (AvgIpc) is 2.51. The first kappa shape index (κ1) is 19.1. The lowest BCUT2D eigenvalue weighted by Gasteiger charge is -2.35. The number of rotatable bonds is 8. The molecule has 0 amide bonds. The van der Waals surface area contributed by atoms with Crippen molar-refractivity contribution in [3.05, 3.63) is 0 Å². The Balaban J connectivity index is 2.43. The molecule has 1 saturated carbocycles. The number of hydrogen-bond acceptors (Lipinski definition) is 8. The highest BCUT2D eigenvalue weighted by atomic mass is 32.2. The summed E-state index contributed by atoms with van der Waals surface area (Å²) in [7, 11) is 0. The molecule has 0 bridgehead atoms. The molecule has 10 heteroatoms. The van der Waals surface area contributed by atoms with Crippen LogP contribution in [0.1, 0.15) is 45.4 Å². The zero-order valence-corrected chi connectivity index (χ0v) is 12.8. The number of carbonyl (C=O) groups is 2. The molecule has 0 spiro atoms. The van der Waals surface area contributed by atoms with E-state index in [9.17, 15) is 18.4 Å². The van der Waals surface area contributed by atoms with Crippen molar-refractivity contribution >= 4 is 24.0 Å². The Morgan fingerprint density at radius 3 is 2.45 bits per heavy atom. The van der Waals surface area contributed by atoms with Crippen molar-refractivity contribution in [2.75, 3.05) is 6.61 Å². The summed E-state index contributed by atoms with van der Waals surface area (Å²) >= 11 is -0.754. The molecule has 0 aliphatic heterocycles. The van der Waals surface area contributed by atoms with Gasteiger partial charge in [0.1, 0.15) is 17.6 Å². The second-order valence-corrected chi connectivity index (χ2v) is 5.71. The van der Waals surface area contributed by atoms with Crippen LogP contribution in [0, 0.1) is 0 Å². The fourth-order valence-corrected chi connectivity index (χ4v) is 2.54. The number of halogens is 2. The Bertz CT molecular complexity index is 386. The molecule has 7 nitrogen and oxygen atoms in total. The van der Waals surface area contributed by atoms with Crippen LogP contribution in [-0.4, -0.2) is 34.7 Å². The molecule has 0 heterocycles. The van der Waals surface area contributed by atoms with Gasteiger partial charge in [-0.15, -0.1) is 4.33 Å². The fraction of sp³-hybridized carbons (Fsp3) is 0.833. The minimum atomic E-state index is -4.13. The van der Waals surface area contributed by atoms with Gasteiger partial charge in [0.05, 0.1) is 0 Å². The maximum Gasteiger partial charge on any atom is 0.415 e. The van der Waals surface area contributed by atoms with Crippen molar-refractivity contribution in [2.24, 2.45) is 0 Å². The van der Waals surface area contributed by atoms with E-state index in [4.69, 9.17) is 9.99 Å². The maximum atomic E-state index is 13.1. The van der Waals surface area contributed by atoms with Gasteiger partial charge in [-0.05, 0) is 32.1 Å². The monoisotopic (exact) mass is 344 g/mol. The summed E-state index contributed by atoms with van der Waals surface area (Å²) in [4.78, 5) is 22.8. The normalized spacial score (nSPS) is 17.8. The van der Waals surface area contributed by atoms with Crippen molar-refractivity contribution in [3.63, 3.8) is 0 Å². The molecule has 0 aromatic carbocycles. The zero-order valence-electron chi connectivity index (χ0n) is 12.0. The van der Waals surface area contributed by atoms with Gasteiger partial charge in [0, 0.05) is 0 Å². The van der Waals surface area contributed by atoms with E-state index in [1.165, 1.54) is 0 Å². The van der Waals surface area contributed by atoms with Crippen LogP contribution in [0.2, 0.25) is 0 Å². The van der Waals surface area contributed by atoms with Gasteiger partial charge in [-0.25, -0.2) is 14.8 Å². The lowest BCUT2D eigenvalue weighted by molar-refractivity contribution is -0.433. The summed E-state index contributed by atoms with van der Waals surface area (Å²) in [5, 5.41) is 6.60. The van der Waals surface area contributed by atoms with Crippen LogP contribution in [0.25, 0.3) is 0 Å². The Hall–Kier alpha value is -0.970. The third-order valence-electron chi connectivity index (χ3n) is 3.47. The molecule has 22 heavy (non-hydrogen) atoms. The third kappa shape index (κ3) is 5.67. The van der Waals surface area contributed by atoms with E-state index in [0.717, 1.165) is 19.3 Å². The summed E-state index contributed by atoms with van der Waals surface area (Å²) < 4.78 is 39.1. The first-order valence-corrected chi connectivity index (χ1v) is 7.52. The molecular formula is C12H18F2O7S. The summed E-state index contributed by atoms with van der Waals surface area (Å²) in [6.45, 7) is 0.957. The molecule has 0 atom stereocenters. The highest BCUT2D eigenvalue weighted by Gasteiger charge is 2.44. The van der Waals surface area contributed by atoms with Crippen LogP contribution in [-0.2, 0) is 28.4 Å². The Morgan fingerprint density at radius 2 is 1.91 bits per heavy atom. The molecule has 1 fully saturated rings. The molecule has 1 aliphatic carbocycles. The Morgan fingerprint density at radius 1 is 1.27 bits per heavy atom. The van der Waals surface area contributed by atoms with Crippen LogP contribution in [0.4, 0.5) is 8.78 Å². The van der Waals surface area contributed by atoms with Gasteiger partial charge in [-0.2, -0.15) is 8.78 Å². The van der Waals surface area contributed by atoms with E-state index >= 15 is 0 Å². The standard InChI is InChI=1S/C12H18F2O7S/c1-2-11(6-4-3-5-7-11)19-9(15)8-18-10(16)12(13,14)22-21-20-17/h17H,2-8H2,1H3. The van der Waals surface area contributed by atoms with Crippen LogP contribution >= 0.6 is 12.0 Å². The first-order valence-electron chi connectivity index (χ1n) is 6.78. The van der Waals surface area contributed by atoms with Gasteiger partial charge in [-0.1, -0.05) is 18.4 Å². The van der Waals surface area contributed by atoms with Gasteiger partial charge in [-0.3, -0.25) is 0 Å². The molecule has 1 rings (SSSR count). The second kappa shape index (κ2) is 8.61. The smallest absolute Gasteiger partial charge is 0.415 e. The predicted molar refractivity (Wildman–Crippen MR) is 70.5 cm³/mol. The highest BCUT2D eigenvalue weighted by Crippen LogP contribution is 2.35. The lowest BCUT2D eigenvalue weighted by atomic mass is 9.83. The molecule has 0 aromatic rings. The Kier molecular flexibility index (Phi) is 7.46. The number of carbonyl (C=O) groups excluding carboxylic acids is 2. The van der Waals surface area contributed by atoms with E-state index in [-0.39, 0.29) is 0 Å². The second-order valence-electron chi connectivity index (χ2n) is 4.89. The van der Waals surface area contributed by atoms with Crippen LogP contribution in [0.15, 0.2) is 0 Å². The van der Waals surface area contributed by atoms with Gasteiger partial charge in [0.15, 0.2) is 6.61 Å².